The van der Waals surface area contributed by atoms with E-state index in [0.29, 0.717) is 10.0 Å². The zero-order valence-electron chi connectivity index (χ0n) is 20.7. The van der Waals surface area contributed by atoms with Crippen LogP contribution in [0.15, 0.2) is 58.6 Å². The summed E-state index contributed by atoms with van der Waals surface area (Å²) in [6.45, 7) is 0. The van der Waals surface area contributed by atoms with Crippen LogP contribution in [-0.2, 0) is 19.2 Å². The molecule has 2 saturated heterocycles. The zero-order chi connectivity index (χ0) is 28.9. The summed E-state index contributed by atoms with van der Waals surface area (Å²) in [4.78, 5) is 63.1. The molecule has 0 radical (unpaired) electrons. The summed E-state index contributed by atoms with van der Waals surface area (Å²) >= 11 is 17.6. The molecule has 6 unspecified atom stereocenters. The van der Waals surface area contributed by atoms with Gasteiger partial charge < -0.3 is 5.11 Å². The Morgan fingerprint density at radius 3 is 2.48 bits per heavy atom. The minimum Gasteiger partial charge on any atom is -0.508 e. The molecule has 3 fully saturated rings. The first-order valence-corrected chi connectivity index (χ1v) is 13.9. The molecule has 0 aromatic heterocycles. The van der Waals surface area contributed by atoms with Gasteiger partial charge in [0.15, 0.2) is 9.75 Å². The number of amides is 4. The summed E-state index contributed by atoms with van der Waals surface area (Å²) in [7, 11) is 1.28. The number of carbonyl (C=O) groups excluding carboxylic acids is 4. The molecule has 1 saturated carbocycles. The molecule has 1 N–H and O–H groups in total. The summed E-state index contributed by atoms with van der Waals surface area (Å²) in [6.07, 6.45) is 1.67. The Morgan fingerprint density at radius 2 is 1.77 bits per heavy atom. The number of carbonyl (C=O) groups is 4. The van der Waals surface area contributed by atoms with Crippen molar-refractivity contribution >= 4 is 74.1 Å². The van der Waals surface area contributed by atoms with Crippen LogP contribution in [-0.4, -0.2) is 55.4 Å². The Bertz CT molecular complexity index is 1600. The van der Waals surface area contributed by atoms with E-state index < -0.39 is 62.0 Å². The van der Waals surface area contributed by atoms with E-state index in [1.807, 2.05) is 0 Å². The van der Waals surface area contributed by atoms with E-state index in [1.165, 1.54) is 31.3 Å². The zero-order valence-corrected chi connectivity index (χ0v) is 23.8. The largest absolute Gasteiger partial charge is 0.508 e. The third-order valence-electron chi connectivity index (χ3n) is 8.61. The van der Waals surface area contributed by atoms with E-state index in [1.54, 1.807) is 18.2 Å². The monoisotopic (exact) mass is 647 g/mol. The van der Waals surface area contributed by atoms with Crippen molar-refractivity contribution in [2.45, 2.75) is 28.5 Å². The van der Waals surface area contributed by atoms with Crippen LogP contribution in [0.25, 0.3) is 0 Å². The lowest BCUT2D eigenvalue weighted by atomic mass is 9.56. The fourth-order valence-corrected chi connectivity index (χ4v) is 8.24. The molecule has 2 aliphatic heterocycles. The molecule has 2 aromatic rings. The third-order valence-corrected chi connectivity index (χ3v) is 10.5. The molecule has 6 rings (SSSR count). The highest BCUT2D eigenvalue weighted by Crippen LogP contribution is 2.66. The number of alkyl halides is 2. The number of nitro groups is 1. The van der Waals surface area contributed by atoms with Gasteiger partial charge in [0.2, 0.25) is 11.8 Å². The molecule has 40 heavy (non-hydrogen) atoms. The van der Waals surface area contributed by atoms with Crippen molar-refractivity contribution in [3.63, 3.8) is 0 Å². The fraction of sp³-hybridized carbons (Fsp3) is 0.333. The number of imide groups is 2. The molecule has 10 nitrogen and oxygen atoms in total. The number of nitrogens with zero attached hydrogens (tertiary/aromatic N) is 3. The van der Waals surface area contributed by atoms with E-state index in [0.717, 1.165) is 15.9 Å². The topological polar surface area (TPSA) is 138 Å². The molecular formula is C27H20BrCl2N3O7. The predicted octanol–water partition coefficient (Wildman–Crippen LogP) is 4.26. The molecule has 0 spiro atoms. The number of rotatable bonds is 3. The van der Waals surface area contributed by atoms with Crippen molar-refractivity contribution in [3.05, 3.63) is 74.3 Å². The van der Waals surface area contributed by atoms with Crippen molar-refractivity contribution in [3.8, 4) is 5.75 Å². The van der Waals surface area contributed by atoms with Crippen molar-refractivity contribution in [2.24, 2.45) is 17.8 Å². The minimum absolute atomic E-state index is 0.0660. The first kappa shape index (κ1) is 26.9. The van der Waals surface area contributed by atoms with Gasteiger partial charge in [-0.05, 0) is 43.0 Å². The molecule has 2 heterocycles. The van der Waals surface area contributed by atoms with Crippen molar-refractivity contribution in [2.75, 3.05) is 11.9 Å². The summed E-state index contributed by atoms with van der Waals surface area (Å²) in [5.74, 6) is -6.41. The lowest BCUT2D eigenvalue weighted by Gasteiger charge is -2.50. The Hall–Kier alpha value is -3.28. The normalized spacial score (nSPS) is 33.0. The average Bonchev–Trinajstić information content (AvgIpc) is 3.25. The molecule has 4 amide bonds. The number of non-ortho nitro benzene ring substituents is 1. The first-order valence-electron chi connectivity index (χ1n) is 12.3. The summed E-state index contributed by atoms with van der Waals surface area (Å²) in [5, 5.41) is 22.3. The lowest BCUT2D eigenvalue weighted by Crippen LogP contribution is -2.60. The number of anilines is 1. The van der Waals surface area contributed by atoms with E-state index in [-0.39, 0.29) is 35.5 Å². The standard InChI is InChI=1S/C27H20BrCl2N3O7/c1-31-24(37)26(29)11-18-15(21(27(26,30)25(31)38)17-9-12(28)5-8-19(17)34)6-7-16-20(18)23(36)32(22(16)35)13-3-2-4-14(10-13)33(39)40/h2-6,8-10,16,18,20-21,34H,7,11H2,1H3. The Balaban J connectivity index is 1.52. The Kier molecular flexibility index (Phi) is 5.96. The molecule has 2 aromatic carbocycles. The number of nitro benzene ring substituents is 1. The number of likely N-dealkylation sites (tertiary alicyclic amines) is 1. The Morgan fingerprint density at radius 1 is 1.05 bits per heavy atom. The van der Waals surface area contributed by atoms with Crippen LogP contribution in [0.4, 0.5) is 11.4 Å². The number of allylic oxidation sites excluding steroid dienone is 2. The highest BCUT2D eigenvalue weighted by atomic mass is 79.9. The van der Waals surface area contributed by atoms with Crippen molar-refractivity contribution in [1.29, 1.82) is 0 Å². The smallest absolute Gasteiger partial charge is 0.271 e. The predicted molar refractivity (Wildman–Crippen MR) is 147 cm³/mol. The van der Waals surface area contributed by atoms with Crippen LogP contribution in [0.2, 0.25) is 0 Å². The van der Waals surface area contributed by atoms with E-state index in [4.69, 9.17) is 23.2 Å². The molecular weight excluding hydrogens is 629 g/mol. The molecule has 206 valence electrons. The summed E-state index contributed by atoms with van der Waals surface area (Å²) < 4.78 is 0.575. The number of benzene rings is 2. The van der Waals surface area contributed by atoms with Gasteiger partial charge in [-0.1, -0.05) is 33.6 Å². The quantitative estimate of drug-likeness (QED) is 0.173. The van der Waals surface area contributed by atoms with E-state index >= 15 is 0 Å². The Labute approximate surface area is 245 Å². The molecule has 6 atom stereocenters. The van der Waals surface area contributed by atoms with Gasteiger partial charge in [-0.15, -0.1) is 23.2 Å². The van der Waals surface area contributed by atoms with Gasteiger partial charge in [-0.25, -0.2) is 4.90 Å². The van der Waals surface area contributed by atoms with Crippen molar-refractivity contribution < 1.29 is 29.2 Å². The fourth-order valence-electron chi connectivity index (χ4n) is 6.85. The van der Waals surface area contributed by atoms with Gasteiger partial charge >= 0.3 is 0 Å². The molecule has 4 aliphatic rings. The molecule has 2 aliphatic carbocycles. The van der Waals surface area contributed by atoms with Gasteiger partial charge in [0.05, 0.1) is 22.4 Å². The summed E-state index contributed by atoms with van der Waals surface area (Å²) in [5.41, 5.74) is 0.558. The van der Waals surface area contributed by atoms with Crippen molar-refractivity contribution in [1.82, 2.24) is 4.90 Å². The number of halogens is 3. The highest BCUT2D eigenvalue weighted by Gasteiger charge is 2.76. The molecule has 13 heteroatoms. The van der Waals surface area contributed by atoms with Gasteiger partial charge in [-0.3, -0.25) is 34.2 Å². The maximum atomic E-state index is 14.0. The van der Waals surface area contributed by atoms with Gasteiger partial charge in [0.25, 0.3) is 17.5 Å². The number of hydrogen-bond donors (Lipinski definition) is 1. The number of aromatic hydroxyl groups is 1. The van der Waals surface area contributed by atoms with Gasteiger partial charge in [0, 0.05) is 35.1 Å². The highest BCUT2D eigenvalue weighted by molar-refractivity contribution is 9.10. The maximum Gasteiger partial charge on any atom is 0.271 e. The second-order valence-corrected chi connectivity index (χ2v) is 12.6. The van der Waals surface area contributed by atoms with Crippen LogP contribution in [0.1, 0.15) is 24.3 Å². The van der Waals surface area contributed by atoms with E-state index in [2.05, 4.69) is 15.9 Å². The number of fused-ring (bicyclic) bond motifs is 4. The van der Waals surface area contributed by atoms with Crippen LogP contribution < -0.4 is 4.90 Å². The van der Waals surface area contributed by atoms with Crippen LogP contribution >= 0.6 is 39.1 Å². The van der Waals surface area contributed by atoms with E-state index in [9.17, 15) is 34.4 Å². The van der Waals surface area contributed by atoms with Crippen LogP contribution in [0.5, 0.6) is 5.75 Å². The number of phenols is 1. The second-order valence-electron chi connectivity index (χ2n) is 10.5. The SMILES string of the molecule is CN1C(=O)C2(Cl)CC3C(=CCC4C(=O)N(c5cccc([N+](=O)[O-])c5)C(=O)C43)C(c3cc(Br)ccc3O)C2(Cl)C1=O. The van der Waals surface area contributed by atoms with Gasteiger partial charge in [0.1, 0.15) is 5.75 Å². The van der Waals surface area contributed by atoms with Crippen LogP contribution in [0, 0.1) is 27.9 Å². The second kappa shape index (κ2) is 8.86. The lowest BCUT2D eigenvalue weighted by molar-refractivity contribution is -0.384. The van der Waals surface area contributed by atoms with Gasteiger partial charge in [-0.2, -0.15) is 0 Å². The maximum absolute atomic E-state index is 14.0. The summed E-state index contributed by atoms with van der Waals surface area (Å²) in [6, 6.07) is 9.86. The molecule has 0 bridgehead atoms. The number of phenolic OH excluding ortho intramolecular Hbond substituents is 1. The first-order chi connectivity index (χ1) is 18.8. The van der Waals surface area contributed by atoms with Crippen LogP contribution in [0.3, 0.4) is 0 Å². The number of hydrogen-bond acceptors (Lipinski definition) is 7. The average molecular weight is 649 g/mol. The third kappa shape index (κ3) is 3.34. The minimum atomic E-state index is -2.01.